The van der Waals surface area contributed by atoms with Gasteiger partial charge in [0.2, 0.25) is 5.16 Å². The SMILES string of the molecule is Cc1ccc(-c2nc(SCC(O)c3ccc(F)cc3)n[nH]2)cc1. The summed E-state index contributed by atoms with van der Waals surface area (Å²) < 4.78 is 12.9. The van der Waals surface area contributed by atoms with E-state index in [-0.39, 0.29) is 5.82 Å². The largest absolute Gasteiger partial charge is 0.388 e. The van der Waals surface area contributed by atoms with Crippen molar-refractivity contribution in [3.8, 4) is 11.4 Å². The number of hydrogen-bond acceptors (Lipinski definition) is 4. The van der Waals surface area contributed by atoms with Gasteiger partial charge in [0.1, 0.15) is 5.82 Å². The molecule has 6 heteroatoms. The third kappa shape index (κ3) is 3.97. The summed E-state index contributed by atoms with van der Waals surface area (Å²) in [6.07, 6.45) is -0.693. The van der Waals surface area contributed by atoms with Gasteiger partial charge in [-0.2, -0.15) is 0 Å². The van der Waals surface area contributed by atoms with Crippen LogP contribution in [0, 0.1) is 12.7 Å². The number of halogens is 1. The van der Waals surface area contributed by atoms with Crippen LogP contribution in [0.5, 0.6) is 0 Å². The molecule has 0 radical (unpaired) electrons. The molecule has 1 heterocycles. The second-order valence-corrected chi connectivity index (χ2v) is 6.20. The van der Waals surface area contributed by atoms with Crippen LogP contribution in [0.15, 0.2) is 53.7 Å². The molecule has 0 aliphatic carbocycles. The number of aliphatic hydroxyl groups excluding tert-OH is 1. The number of nitrogens with zero attached hydrogens (tertiary/aromatic N) is 2. The number of aromatic nitrogens is 3. The van der Waals surface area contributed by atoms with Gasteiger partial charge >= 0.3 is 0 Å². The fourth-order valence-corrected chi connectivity index (χ4v) is 2.85. The molecule has 2 N–H and O–H groups in total. The number of aryl methyl sites for hydroxylation is 1. The molecular formula is C17H16FN3OS. The minimum absolute atomic E-state index is 0.315. The second kappa shape index (κ2) is 6.93. The number of nitrogens with one attached hydrogen (secondary N) is 1. The predicted octanol–water partition coefficient (Wildman–Crippen LogP) is 3.74. The van der Waals surface area contributed by atoms with E-state index in [0.717, 1.165) is 5.56 Å². The molecule has 0 bridgehead atoms. The monoisotopic (exact) mass is 329 g/mol. The average Bonchev–Trinajstić information content (AvgIpc) is 3.03. The normalized spacial score (nSPS) is 12.3. The van der Waals surface area contributed by atoms with Crippen molar-refractivity contribution in [1.82, 2.24) is 15.2 Å². The Kier molecular flexibility index (Phi) is 4.73. The van der Waals surface area contributed by atoms with Crippen LogP contribution in [-0.4, -0.2) is 26.0 Å². The third-order valence-corrected chi connectivity index (χ3v) is 4.34. The van der Waals surface area contributed by atoms with Gasteiger partial charge in [-0.05, 0) is 24.6 Å². The molecule has 4 nitrogen and oxygen atoms in total. The van der Waals surface area contributed by atoms with E-state index in [1.807, 2.05) is 31.2 Å². The first-order valence-electron chi connectivity index (χ1n) is 7.17. The Balaban J connectivity index is 1.63. The van der Waals surface area contributed by atoms with Gasteiger partial charge in [0.05, 0.1) is 6.10 Å². The van der Waals surface area contributed by atoms with Gasteiger partial charge in [-0.3, -0.25) is 5.10 Å². The molecule has 1 atom stereocenters. The van der Waals surface area contributed by atoms with Crippen LogP contribution in [0.3, 0.4) is 0 Å². The predicted molar refractivity (Wildman–Crippen MR) is 88.6 cm³/mol. The highest BCUT2D eigenvalue weighted by molar-refractivity contribution is 7.99. The number of H-pyrrole nitrogens is 1. The number of benzene rings is 2. The molecule has 0 fully saturated rings. The van der Waals surface area contributed by atoms with Crippen molar-refractivity contribution in [3.63, 3.8) is 0 Å². The van der Waals surface area contributed by atoms with E-state index in [2.05, 4.69) is 15.2 Å². The summed E-state index contributed by atoms with van der Waals surface area (Å²) in [5.41, 5.74) is 2.83. The average molecular weight is 329 g/mol. The molecule has 0 saturated carbocycles. The molecule has 0 aliphatic rings. The summed E-state index contributed by atoms with van der Waals surface area (Å²) in [6.45, 7) is 2.03. The number of aromatic amines is 1. The maximum Gasteiger partial charge on any atom is 0.208 e. The van der Waals surface area contributed by atoms with Crippen LogP contribution in [0.1, 0.15) is 17.2 Å². The molecule has 1 aromatic heterocycles. The van der Waals surface area contributed by atoms with Gasteiger partial charge in [-0.25, -0.2) is 9.37 Å². The molecule has 2 aromatic carbocycles. The fourth-order valence-electron chi connectivity index (χ4n) is 2.09. The van der Waals surface area contributed by atoms with Crippen molar-refractivity contribution in [2.24, 2.45) is 0 Å². The number of hydrogen-bond donors (Lipinski definition) is 2. The topological polar surface area (TPSA) is 61.8 Å². The lowest BCUT2D eigenvalue weighted by atomic mass is 10.1. The quantitative estimate of drug-likeness (QED) is 0.700. The summed E-state index contributed by atoms with van der Waals surface area (Å²) in [6, 6.07) is 13.8. The highest BCUT2D eigenvalue weighted by Crippen LogP contribution is 2.24. The first kappa shape index (κ1) is 15.7. The Morgan fingerprint density at radius 3 is 2.52 bits per heavy atom. The number of rotatable bonds is 5. The highest BCUT2D eigenvalue weighted by atomic mass is 32.2. The zero-order valence-corrected chi connectivity index (χ0v) is 13.3. The van der Waals surface area contributed by atoms with Crippen molar-refractivity contribution in [1.29, 1.82) is 0 Å². The van der Waals surface area contributed by atoms with E-state index in [4.69, 9.17) is 0 Å². The lowest BCUT2D eigenvalue weighted by molar-refractivity contribution is 0.204. The molecule has 1 unspecified atom stereocenters. The molecule has 3 aromatic rings. The van der Waals surface area contributed by atoms with Crippen LogP contribution in [0.2, 0.25) is 0 Å². The van der Waals surface area contributed by atoms with E-state index in [1.54, 1.807) is 12.1 Å². The molecule has 0 amide bonds. The van der Waals surface area contributed by atoms with Gasteiger partial charge in [0.25, 0.3) is 0 Å². The van der Waals surface area contributed by atoms with Crippen molar-refractivity contribution >= 4 is 11.8 Å². The summed E-state index contributed by atoms with van der Waals surface area (Å²) in [7, 11) is 0. The van der Waals surface area contributed by atoms with E-state index in [9.17, 15) is 9.50 Å². The smallest absolute Gasteiger partial charge is 0.208 e. The van der Waals surface area contributed by atoms with E-state index >= 15 is 0 Å². The van der Waals surface area contributed by atoms with Gasteiger partial charge in [0.15, 0.2) is 5.82 Å². The van der Waals surface area contributed by atoms with Crippen LogP contribution in [0.4, 0.5) is 4.39 Å². The Bertz CT molecular complexity index is 771. The minimum atomic E-state index is -0.693. The van der Waals surface area contributed by atoms with Gasteiger partial charge in [0, 0.05) is 11.3 Å². The minimum Gasteiger partial charge on any atom is -0.388 e. The Morgan fingerprint density at radius 1 is 1.13 bits per heavy atom. The molecule has 0 spiro atoms. The van der Waals surface area contributed by atoms with E-state index < -0.39 is 6.10 Å². The lowest BCUT2D eigenvalue weighted by Gasteiger charge is -2.08. The molecule has 3 rings (SSSR count). The summed E-state index contributed by atoms with van der Waals surface area (Å²) in [5, 5.41) is 17.7. The molecule has 0 aliphatic heterocycles. The fraction of sp³-hybridized carbons (Fsp3) is 0.176. The third-order valence-electron chi connectivity index (χ3n) is 3.41. The standard InChI is InChI=1S/C17H16FN3OS/c1-11-2-4-13(5-3-11)16-19-17(21-20-16)23-10-15(22)12-6-8-14(18)9-7-12/h2-9,15,22H,10H2,1H3,(H,19,20,21). The van der Waals surface area contributed by atoms with Crippen molar-refractivity contribution in [2.75, 3.05) is 5.75 Å². The summed E-state index contributed by atoms with van der Waals surface area (Å²) >= 11 is 1.35. The van der Waals surface area contributed by atoms with E-state index in [1.165, 1.54) is 29.5 Å². The molecular weight excluding hydrogens is 313 g/mol. The summed E-state index contributed by atoms with van der Waals surface area (Å²) in [5.74, 6) is 0.783. The van der Waals surface area contributed by atoms with Crippen molar-refractivity contribution < 1.29 is 9.50 Å². The van der Waals surface area contributed by atoms with Gasteiger partial charge < -0.3 is 5.11 Å². The highest BCUT2D eigenvalue weighted by Gasteiger charge is 2.11. The van der Waals surface area contributed by atoms with Crippen LogP contribution >= 0.6 is 11.8 Å². The molecule has 118 valence electrons. The molecule has 0 saturated heterocycles. The second-order valence-electron chi connectivity index (χ2n) is 5.21. The molecule has 23 heavy (non-hydrogen) atoms. The zero-order chi connectivity index (χ0) is 16.2. The zero-order valence-electron chi connectivity index (χ0n) is 12.5. The number of aliphatic hydroxyl groups is 1. The maximum atomic E-state index is 12.9. The van der Waals surface area contributed by atoms with E-state index in [0.29, 0.717) is 22.3 Å². The lowest BCUT2D eigenvalue weighted by Crippen LogP contribution is -2.00. The van der Waals surface area contributed by atoms with Crippen LogP contribution < -0.4 is 0 Å². The summed E-state index contributed by atoms with van der Waals surface area (Å²) in [4.78, 5) is 4.42. The Labute approximate surface area is 137 Å². The Hall–Kier alpha value is -2.18. The number of thioether (sulfide) groups is 1. The van der Waals surface area contributed by atoms with Gasteiger partial charge in [-0.15, -0.1) is 5.10 Å². The first-order chi connectivity index (χ1) is 11.1. The van der Waals surface area contributed by atoms with Crippen LogP contribution in [-0.2, 0) is 0 Å². The van der Waals surface area contributed by atoms with Crippen LogP contribution in [0.25, 0.3) is 11.4 Å². The Morgan fingerprint density at radius 2 is 1.83 bits per heavy atom. The van der Waals surface area contributed by atoms with Crippen molar-refractivity contribution in [2.45, 2.75) is 18.2 Å². The van der Waals surface area contributed by atoms with Gasteiger partial charge in [-0.1, -0.05) is 53.7 Å². The first-order valence-corrected chi connectivity index (χ1v) is 8.16. The van der Waals surface area contributed by atoms with Crippen molar-refractivity contribution in [3.05, 3.63) is 65.5 Å². The maximum absolute atomic E-state index is 12.9.